The lowest BCUT2D eigenvalue weighted by Gasteiger charge is -2.33. The zero-order valence-corrected chi connectivity index (χ0v) is 14.8. The van der Waals surface area contributed by atoms with Crippen LogP contribution >= 0.6 is 11.3 Å². The molecule has 0 bridgehead atoms. The molecule has 1 amide bonds. The maximum atomic E-state index is 13.0. The van der Waals surface area contributed by atoms with E-state index in [4.69, 9.17) is 4.74 Å². The molecule has 1 fully saturated rings. The molecule has 0 atom stereocenters. The molecule has 2 heterocycles. The van der Waals surface area contributed by atoms with Crippen LogP contribution in [0.15, 0.2) is 29.6 Å². The van der Waals surface area contributed by atoms with Gasteiger partial charge in [0, 0.05) is 35.8 Å². The Bertz CT molecular complexity index is 768. The van der Waals surface area contributed by atoms with Crippen molar-refractivity contribution in [3.8, 4) is 11.3 Å². The highest BCUT2D eigenvalue weighted by atomic mass is 32.1. The highest BCUT2D eigenvalue weighted by Crippen LogP contribution is 2.24. The number of carbonyl (C=O) groups excluding carboxylic acids is 1. The number of rotatable bonds is 5. The van der Waals surface area contributed by atoms with E-state index in [1.165, 1.54) is 4.90 Å². The summed E-state index contributed by atoms with van der Waals surface area (Å²) in [7, 11) is 0. The average Bonchev–Trinajstić information content (AvgIpc) is 3.06. The highest BCUT2D eigenvalue weighted by Gasteiger charge is 2.28. The molecular weight excluding hydrogens is 340 g/mol. The fraction of sp³-hybridized carbons (Fsp3) is 0.389. The summed E-state index contributed by atoms with van der Waals surface area (Å²) in [5, 5.41) is 12.1. The number of benzene rings is 1. The molecule has 1 aliphatic heterocycles. The van der Waals surface area contributed by atoms with Gasteiger partial charge in [0.15, 0.2) is 0 Å². The Morgan fingerprint density at radius 3 is 2.76 bits per heavy atom. The van der Waals surface area contributed by atoms with Gasteiger partial charge in [0.05, 0.1) is 10.7 Å². The number of nitrogens with zero attached hydrogens (tertiary/aromatic N) is 2. The fourth-order valence-electron chi connectivity index (χ4n) is 2.98. The second-order valence-corrected chi connectivity index (χ2v) is 7.07. The van der Waals surface area contributed by atoms with Crippen LogP contribution in [0.2, 0.25) is 0 Å². The summed E-state index contributed by atoms with van der Waals surface area (Å²) < 4.78 is 5.33. The first-order chi connectivity index (χ1) is 12.0. The lowest BCUT2D eigenvalue weighted by molar-refractivity contribution is -0.138. The Morgan fingerprint density at radius 2 is 2.12 bits per heavy atom. The molecule has 1 N–H and O–H groups in total. The van der Waals surface area contributed by atoms with E-state index in [0.717, 1.165) is 16.3 Å². The first-order valence-electron chi connectivity index (χ1n) is 8.17. The summed E-state index contributed by atoms with van der Waals surface area (Å²) in [5.41, 5.74) is 2.17. The molecule has 7 heteroatoms. The molecule has 1 aromatic carbocycles. The van der Waals surface area contributed by atoms with Crippen LogP contribution in [-0.2, 0) is 9.53 Å². The molecule has 0 saturated carbocycles. The largest absolute Gasteiger partial charge is 0.480 e. The van der Waals surface area contributed by atoms with Gasteiger partial charge in [0.25, 0.3) is 5.91 Å². The van der Waals surface area contributed by atoms with Crippen molar-refractivity contribution in [2.24, 2.45) is 0 Å². The molecule has 0 spiro atoms. The predicted molar refractivity (Wildman–Crippen MR) is 94.8 cm³/mol. The third kappa shape index (κ3) is 4.24. The molecule has 3 rings (SSSR count). The molecule has 1 aromatic heterocycles. The van der Waals surface area contributed by atoms with Crippen LogP contribution in [0.5, 0.6) is 0 Å². The number of hydrogen-bond donors (Lipinski definition) is 1. The lowest BCUT2D eigenvalue weighted by Crippen LogP contribution is -2.46. The Kier molecular flexibility index (Phi) is 5.45. The Labute approximate surface area is 150 Å². The van der Waals surface area contributed by atoms with Crippen LogP contribution in [0.1, 0.15) is 28.2 Å². The number of aryl methyl sites for hydroxylation is 1. The van der Waals surface area contributed by atoms with Crippen molar-refractivity contribution in [2.45, 2.75) is 25.8 Å². The number of aromatic nitrogens is 1. The topological polar surface area (TPSA) is 79.7 Å². The zero-order chi connectivity index (χ0) is 17.8. The van der Waals surface area contributed by atoms with E-state index in [0.29, 0.717) is 31.6 Å². The first kappa shape index (κ1) is 17.6. The van der Waals surface area contributed by atoms with Crippen molar-refractivity contribution in [1.82, 2.24) is 9.88 Å². The van der Waals surface area contributed by atoms with Crippen molar-refractivity contribution in [3.05, 3.63) is 40.2 Å². The number of amides is 1. The molecule has 0 radical (unpaired) electrons. The van der Waals surface area contributed by atoms with Gasteiger partial charge in [-0.1, -0.05) is 12.1 Å². The summed E-state index contributed by atoms with van der Waals surface area (Å²) in [4.78, 5) is 30.1. The van der Waals surface area contributed by atoms with E-state index in [1.54, 1.807) is 29.5 Å². The number of carboxylic acid groups (broad SMARTS) is 1. The van der Waals surface area contributed by atoms with Crippen molar-refractivity contribution in [2.75, 3.05) is 19.8 Å². The van der Waals surface area contributed by atoms with E-state index < -0.39 is 5.97 Å². The van der Waals surface area contributed by atoms with Crippen molar-refractivity contribution >= 4 is 23.2 Å². The van der Waals surface area contributed by atoms with Gasteiger partial charge in [-0.25, -0.2) is 4.98 Å². The molecule has 6 nitrogen and oxygen atoms in total. The van der Waals surface area contributed by atoms with Gasteiger partial charge in [-0.05, 0) is 31.9 Å². The number of carbonyl (C=O) groups is 2. The number of aliphatic carboxylic acids is 1. The maximum absolute atomic E-state index is 13.0. The molecule has 2 aromatic rings. The average molecular weight is 360 g/mol. The van der Waals surface area contributed by atoms with Gasteiger partial charge in [0.1, 0.15) is 6.54 Å². The lowest BCUT2D eigenvalue weighted by atomic mass is 10.0. The fourth-order valence-corrected chi connectivity index (χ4v) is 3.60. The quantitative estimate of drug-likeness (QED) is 0.887. The normalized spacial score (nSPS) is 15.1. The van der Waals surface area contributed by atoms with Crippen molar-refractivity contribution in [3.63, 3.8) is 0 Å². The van der Waals surface area contributed by atoms with Crippen LogP contribution in [-0.4, -0.2) is 52.7 Å². The minimum Gasteiger partial charge on any atom is -0.480 e. The predicted octanol–water partition coefficient (Wildman–Crippen LogP) is 2.82. The van der Waals surface area contributed by atoms with Crippen molar-refractivity contribution in [1.29, 1.82) is 0 Å². The second kappa shape index (κ2) is 7.76. The molecule has 25 heavy (non-hydrogen) atoms. The summed E-state index contributed by atoms with van der Waals surface area (Å²) in [6, 6.07) is 7.11. The third-order valence-corrected chi connectivity index (χ3v) is 5.00. The summed E-state index contributed by atoms with van der Waals surface area (Å²) in [6.07, 6.45) is 1.31. The van der Waals surface area contributed by atoms with Crippen LogP contribution in [0.3, 0.4) is 0 Å². The van der Waals surface area contributed by atoms with Gasteiger partial charge in [-0.15, -0.1) is 11.3 Å². The molecule has 0 unspecified atom stereocenters. The van der Waals surface area contributed by atoms with Gasteiger partial charge < -0.3 is 14.7 Å². The SMILES string of the molecule is Cc1nc(-c2cccc(C(=O)N(CC(=O)O)C3CCOCC3)c2)cs1. The number of ether oxygens (including phenoxy) is 1. The van der Waals surface area contributed by atoms with Crippen LogP contribution in [0.25, 0.3) is 11.3 Å². The van der Waals surface area contributed by atoms with Gasteiger partial charge in [-0.3, -0.25) is 9.59 Å². The molecule has 132 valence electrons. The zero-order valence-electron chi connectivity index (χ0n) is 14.0. The minimum absolute atomic E-state index is 0.109. The van der Waals surface area contributed by atoms with Crippen LogP contribution in [0.4, 0.5) is 0 Å². The molecule has 0 aliphatic carbocycles. The number of thiazole rings is 1. The standard InChI is InChI=1S/C18H20N2O4S/c1-12-19-16(11-25-12)13-3-2-4-14(9-13)18(23)20(10-17(21)22)15-5-7-24-8-6-15/h2-4,9,11,15H,5-8,10H2,1H3,(H,21,22). The Hall–Kier alpha value is -2.25. The first-order valence-corrected chi connectivity index (χ1v) is 9.05. The van der Waals surface area contributed by atoms with E-state index in [2.05, 4.69) is 4.98 Å². The monoisotopic (exact) mass is 360 g/mol. The van der Waals surface area contributed by atoms with Crippen LogP contribution < -0.4 is 0 Å². The van der Waals surface area contributed by atoms with E-state index in [-0.39, 0.29) is 18.5 Å². The highest BCUT2D eigenvalue weighted by molar-refractivity contribution is 7.09. The number of carboxylic acids is 1. The summed E-state index contributed by atoms with van der Waals surface area (Å²) in [6.45, 7) is 2.73. The molecular formula is C18H20N2O4S. The number of hydrogen-bond acceptors (Lipinski definition) is 5. The van der Waals surface area contributed by atoms with Crippen LogP contribution in [0, 0.1) is 6.92 Å². The smallest absolute Gasteiger partial charge is 0.323 e. The van der Waals surface area contributed by atoms with E-state index >= 15 is 0 Å². The molecule has 1 saturated heterocycles. The Morgan fingerprint density at radius 1 is 1.36 bits per heavy atom. The molecule has 1 aliphatic rings. The van der Waals surface area contributed by atoms with E-state index in [9.17, 15) is 14.7 Å². The van der Waals surface area contributed by atoms with Crippen molar-refractivity contribution < 1.29 is 19.4 Å². The van der Waals surface area contributed by atoms with E-state index in [1.807, 2.05) is 18.4 Å². The van der Waals surface area contributed by atoms with Gasteiger partial charge in [0.2, 0.25) is 0 Å². The van der Waals surface area contributed by atoms with Gasteiger partial charge in [-0.2, -0.15) is 0 Å². The summed E-state index contributed by atoms with van der Waals surface area (Å²) >= 11 is 1.55. The summed E-state index contributed by atoms with van der Waals surface area (Å²) in [5.74, 6) is -1.27. The second-order valence-electron chi connectivity index (χ2n) is 6.00. The maximum Gasteiger partial charge on any atom is 0.323 e. The minimum atomic E-state index is -1.01. The third-order valence-electron chi connectivity index (χ3n) is 4.22. The Balaban J connectivity index is 1.87. The van der Waals surface area contributed by atoms with Gasteiger partial charge >= 0.3 is 5.97 Å².